The van der Waals surface area contributed by atoms with Gasteiger partial charge in [0.2, 0.25) is 4.96 Å². The molecule has 4 aromatic rings. The molecule has 0 amide bonds. The molecule has 0 saturated carbocycles. The van der Waals surface area contributed by atoms with Crippen molar-refractivity contribution in [1.29, 1.82) is 0 Å². The molecule has 0 spiro atoms. The van der Waals surface area contributed by atoms with Crippen molar-refractivity contribution < 1.29 is 0 Å². The molecule has 1 aromatic carbocycles. The molecular formula is C19H14N4OS2. The van der Waals surface area contributed by atoms with Gasteiger partial charge in [-0.1, -0.05) is 65.6 Å². The third-order valence-electron chi connectivity index (χ3n) is 3.58. The van der Waals surface area contributed by atoms with Gasteiger partial charge in [-0.3, -0.25) is 9.78 Å². The number of fused-ring (bicyclic) bond motifs is 1. The molecule has 4 rings (SSSR count). The summed E-state index contributed by atoms with van der Waals surface area (Å²) in [7, 11) is 0. The lowest BCUT2D eigenvalue weighted by Gasteiger charge is -1.96. The van der Waals surface area contributed by atoms with Crippen LogP contribution in [0, 0.1) is 0 Å². The Kier molecular flexibility index (Phi) is 4.90. The smallest absolute Gasteiger partial charge is 0.267 e. The molecular weight excluding hydrogens is 364 g/mol. The number of thioether (sulfide) groups is 1. The lowest BCUT2D eigenvalue weighted by atomic mass is 10.2. The SMILES string of the molecule is O=c1cc(C=Cc2cccnc2)nc2sc(SCc3ccccc3)nn12. The predicted octanol–water partition coefficient (Wildman–Crippen LogP) is 4.01. The first kappa shape index (κ1) is 16.7. The number of pyridine rings is 1. The summed E-state index contributed by atoms with van der Waals surface area (Å²) in [6, 6.07) is 15.5. The van der Waals surface area contributed by atoms with Crippen LogP contribution >= 0.6 is 23.1 Å². The Morgan fingerprint density at radius 2 is 2.00 bits per heavy atom. The highest BCUT2D eigenvalue weighted by atomic mass is 32.2. The van der Waals surface area contributed by atoms with Crippen LogP contribution in [0.15, 0.2) is 70.1 Å². The topological polar surface area (TPSA) is 60.2 Å². The Morgan fingerprint density at radius 1 is 1.12 bits per heavy atom. The minimum absolute atomic E-state index is 0.177. The summed E-state index contributed by atoms with van der Waals surface area (Å²) in [6.07, 6.45) is 7.18. The van der Waals surface area contributed by atoms with E-state index in [2.05, 4.69) is 27.2 Å². The second kappa shape index (κ2) is 7.63. The Bertz CT molecular complexity index is 1100. The average Bonchev–Trinajstić information content (AvgIpc) is 3.10. The Labute approximate surface area is 158 Å². The fourth-order valence-electron chi connectivity index (χ4n) is 2.33. The van der Waals surface area contributed by atoms with Gasteiger partial charge in [0.25, 0.3) is 5.56 Å². The molecule has 0 radical (unpaired) electrons. The maximum atomic E-state index is 12.3. The predicted molar refractivity (Wildman–Crippen MR) is 106 cm³/mol. The lowest BCUT2D eigenvalue weighted by Crippen LogP contribution is -2.14. The summed E-state index contributed by atoms with van der Waals surface area (Å²) in [6.45, 7) is 0. The van der Waals surface area contributed by atoms with Crippen molar-refractivity contribution in [2.24, 2.45) is 0 Å². The fourth-order valence-corrected chi connectivity index (χ4v) is 4.23. The first-order valence-electron chi connectivity index (χ1n) is 7.94. The largest absolute Gasteiger partial charge is 0.275 e. The van der Waals surface area contributed by atoms with E-state index in [0.29, 0.717) is 10.7 Å². The zero-order valence-corrected chi connectivity index (χ0v) is 15.3. The van der Waals surface area contributed by atoms with Gasteiger partial charge in [-0.25, -0.2) is 4.98 Å². The van der Waals surface area contributed by atoms with Crippen LogP contribution in [-0.4, -0.2) is 19.6 Å². The lowest BCUT2D eigenvalue weighted by molar-refractivity contribution is 0.855. The Hall–Kier alpha value is -2.77. The molecule has 0 aliphatic rings. The molecule has 26 heavy (non-hydrogen) atoms. The molecule has 3 heterocycles. The van der Waals surface area contributed by atoms with Crippen LogP contribution in [0.3, 0.4) is 0 Å². The molecule has 0 aliphatic heterocycles. The number of hydrogen-bond donors (Lipinski definition) is 0. The highest BCUT2D eigenvalue weighted by molar-refractivity contribution is 8.00. The van der Waals surface area contributed by atoms with Crippen molar-refractivity contribution in [2.45, 2.75) is 10.1 Å². The molecule has 0 fully saturated rings. The first-order valence-corrected chi connectivity index (χ1v) is 9.74. The zero-order valence-electron chi connectivity index (χ0n) is 13.6. The summed E-state index contributed by atoms with van der Waals surface area (Å²) in [5, 5.41) is 4.38. The number of rotatable bonds is 5. The van der Waals surface area contributed by atoms with Gasteiger partial charge >= 0.3 is 0 Å². The second-order valence-electron chi connectivity index (χ2n) is 5.48. The van der Waals surface area contributed by atoms with Crippen molar-refractivity contribution in [3.63, 3.8) is 0 Å². The van der Waals surface area contributed by atoms with E-state index in [-0.39, 0.29) is 5.56 Å². The van der Waals surface area contributed by atoms with Gasteiger partial charge in [-0.2, -0.15) is 4.52 Å². The molecule has 0 atom stereocenters. The van der Waals surface area contributed by atoms with E-state index >= 15 is 0 Å². The monoisotopic (exact) mass is 378 g/mol. The van der Waals surface area contributed by atoms with Crippen molar-refractivity contribution in [3.8, 4) is 0 Å². The standard InChI is InChI=1S/C19H14N4OS2/c24-17-11-16(9-8-14-7-4-10-20-12-14)21-18-23(17)22-19(26-18)25-13-15-5-2-1-3-6-15/h1-12H,13H2. The molecule has 0 bridgehead atoms. The number of nitrogens with zero attached hydrogens (tertiary/aromatic N) is 4. The van der Waals surface area contributed by atoms with Gasteiger partial charge in [0, 0.05) is 24.2 Å². The maximum absolute atomic E-state index is 12.3. The third-order valence-corrected chi connectivity index (χ3v) is 5.70. The van der Waals surface area contributed by atoms with Crippen molar-refractivity contribution >= 4 is 40.2 Å². The van der Waals surface area contributed by atoms with Gasteiger partial charge in [0.1, 0.15) is 0 Å². The molecule has 0 saturated heterocycles. The van der Waals surface area contributed by atoms with E-state index < -0.39 is 0 Å². The molecule has 3 aromatic heterocycles. The van der Waals surface area contributed by atoms with Gasteiger partial charge in [0.15, 0.2) is 4.34 Å². The Morgan fingerprint density at radius 3 is 2.81 bits per heavy atom. The third kappa shape index (κ3) is 3.89. The highest BCUT2D eigenvalue weighted by Crippen LogP contribution is 2.26. The van der Waals surface area contributed by atoms with Crippen LogP contribution < -0.4 is 5.56 Å². The number of aromatic nitrogens is 4. The maximum Gasteiger partial charge on any atom is 0.275 e. The van der Waals surface area contributed by atoms with Crippen LogP contribution in [0.1, 0.15) is 16.8 Å². The van der Waals surface area contributed by atoms with E-state index in [1.165, 1.54) is 27.5 Å². The quantitative estimate of drug-likeness (QED) is 0.491. The first-order chi connectivity index (χ1) is 12.8. The molecule has 7 heteroatoms. The van der Waals surface area contributed by atoms with Crippen LogP contribution in [0.4, 0.5) is 0 Å². The molecule has 0 unspecified atom stereocenters. The zero-order chi connectivity index (χ0) is 17.8. The van der Waals surface area contributed by atoms with Crippen LogP contribution in [0.25, 0.3) is 17.1 Å². The van der Waals surface area contributed by atoms with Crippen molar-refractivity contribution in [2.75, 3.05) is 0 Å². The molecule has 0 aliphatic carbocycles. The van der Waals surface area contributed by atoms with Gasteiger partial charge in [0.05, 0.1) is 5.69 Å². The van der Waals surface area contributed by atoms with Crippen molar-refractivity contribution in [1.82, 2.24) is 19.6 Å². The van der Waals surface area contributed by atoms with E-state index in [1.54, 1.807) is 24.2 Å². The molecule has 0 N–H and O–H groups in total. The minimum atomic E-state index is -0.177. The number of hydrogen-bond acceptors (Lipinski definition) is 6. The summed E-state index contributed by atoms with van der Waals surface area (Å²) >= 11 is 3.03. The minimum Gasteiger partial charge on any atom is -0.267 e. The van der Waals surface area contributed by atoms with Gasteiger partial charge in [-0.05, 0) is 23.3 Å². The van der Waals surface area contributed by atoms with Gasteiger partial charge < -0.3 is 0 Å². The van der Waals surface area contributed by atoms with E-state index in [1.807, 2.05) is 42.5 Å². The summed E-state index contributed by atoms with van der Waals surface area (Å²) in [5.74, 6) is 0.809. The van der Waals surface area contributed by atoms with Gasteiger partial charge in [-0.15, -0.1) is 5.10 Å². The number of benzene rings is 1. The molecule has 5 nitrogen and oxygen atoms in total. The summed E-state index contributed by atoms with van der Waals surface area (Å²) in [5.41, 5.74) is 2.61. The summed E-state index contributed by atoms with van der Waals surface area (Å²) < 4.78 is 2.19. The molecule has 128 valence electrons. The average molecular weight is 378 g/mol. The van der Waals surface area contributed by atoms with E-state index in [4.69, 9.17) is 0 Å². The normalized spacial score (nSPS) is 11.4. The van der Waals surface area contributed by atoms with Crippen LogP contribution in [0.5, 0.6) is 0 Å². The Balaban J connectivity index is 1.57. The second-order valence-corrected chi connectivity index (χ2v) is 7.65. The van der Waals surface area contributed by atoms with E-state index in [0.717, 1.165) is 15.7 Å². The van der Waals surface area contributed by atoms with Crippen LogP contribution in [-0.2, 0) is 5.75 Å². The fraction of sp³-hybridized carbons (Fsp3) is 0.0526. The van der Waals surface area contributed by atoms with Crippen molar-refractivity contribution in [3.05, 3.63) is 88.1 Å². The van der Waals surface area contributed by atoms with E-state index in [9.17, 15) is 4.79 Å². The summed E-state index contributed by atoms with van der Waals surface area (Å²) in [4.78, 5) is 21.5. The van der Waals surface area contributed by atoms with Crippen LogP contribution in [0.2, 0.25) is 0 Å². The highest BCUT2D eigenvalue weighted by Gasteiger charge is 2.09.